The molecular formula is C32H28F5N5O7. The van der Waals surface area contributed by atoms with Gasteiger partial charge in [-0.15, -0.1) is 0 Å². The summed E-state index contributed by atoms with van der Waals surface area (Å²) in [4.78, 5) is 56.8. The number of nitrogens with one attached hydrogen (secondary N) is 1. The number of aryl methyl sites for hydroxylation is 1. The van der Waals surface area contributed by atoms with Gasteiger partial charge < -0.3 is 24.8 Å². The number of fused-ring (bicyclic) bond motifs is 2. The molecule has 0 bridgehead atoms. The normalized spacial score (nSPS) is 16.9. The maximum Gasteiger partial charge on any atom is 0.411 e. The molecule has 0 spiro atoms. The fourth-order valence-electron chi connectivity index (χ4n) is 6.17. The second kappa shape index (κ2) is 12.9. The van der Waals surface area contributed by atoms with Crippen LogP contribution in [0.1, 0.15) is 27.9 Å². The summed E-state index contributed by atoms with van der Waals surface area (Å²) in [6.07, 6.45) is -1.49. The Labute approximate surface area is 273 Å². The summed E-state index contributed by atoms with van der Waals surface area (Å²) in [6, 6.07) is 1.63. The summed E-state index contributed by atoms with van der Waals surface area (Å²) < 4.78 is 83.9. The summed E-state index contributed by atoms with van der Waals surface area (Å²) in [5.74, 6) is -5.80. The number of carbonyl (C=O) groups excluding carboxylic acids is 1. The van der Waals surface area contributed by atoms with Crippen LogP contribution < -0.4 is 26.2 Å². The van der Waals surface area contributed by atoms with E-state index in [0.29, 0.717) is 41.6 Å². The van der Waals surface area contributed by atoms with Crippen LogP contribution in [0.3, 0.4) is 0 Å². The third kappa shape index (κ3) is 6.21. The van der Waals surface area contributed by atoms with Crippen LogP contribution in [0.4, 0.5) is 27.6 Å². The lowest BCUT2D eigenvalue weighted by Crippen LogP contribution is -2.53. The molecule has 6 rings (SSSR count). The van der Waals surface area contributed by atoms with Gasteiger partial charge in [0.1, 0.15) is 35.0 Å². The van der Waals surface area contributed by atoms with E-state index in [4.69, 9.17) is 9.47 Å². The van der Waals surface area contributed by atoms with E-state index < -0.39 is 70.9 Å². The molecule has 0 unspecified atom stereocenters. The number of halogens is 5. The molecular weight excluding hydrogens is 661 g/mol. The van der Waals surface area contributed by atoms with Crippen LogP contribution in [0.2, 0.25) is 0 Å². The molecule has 12 nitrogen and oxygen atoms in total. The zero-order valence-corrected chi connectivity index (χ0v) is 25.7. The van der Waals surface area contributed by atoms with Crippen LogP contribution in [-0.4, -0.2) is 75.7 Å². The average Bonchev–Trinajstić information content (AvgIpc) is 3.07. The molecule has 4 heterocycles. The maximum absolute atomic E-state index is 15.2. The minimum absolute atomic E-state index is 0.121. The number of rotatable bonds is 7. The Hall–Kier alpha value is -5.32. The summed E-state index contributed by atoms with van der Waals surface area (Å²) >= 11 is 0. The number of alkyl halides is 3. The summed E-state index contributed by atoms with van der Waals surface area (Å²) in [5, 5.41) is 12.3. The summed E-state index contributed by atoms with van der Waals surface area (Å²) in [6.45, 7) is -0.957. The van der Waals surface area contributed by atoms with Crippen molar-refractivity contribution >= 4 is 28.5 Å². The van der Waals surface area contributed by atoms with Crippen molar-refractivity contribution in [2.75, 3.05) is 31.3 Å². The summed E-state index contributed by atoms with van der Waals surface area (Å²) in [5.41, 5.74) is -1.67. The molecule has 4 aromatic rings. The van der Waals surface area contributed by atoms with Crippen molar-refractivity contribution in [2.45, 2.75) is 37.5 Å². The molecule has 17 heteroatoms. The fourth-order valence-corrected chi connectivity index (χ4v) is 6.17. The van der Waals surface area contributed by atoms with Gasteiger partial charge in [0.15, 0.2) is 0 Å². The Morgan fingerprint density at radius 3 is 2.55 bits per heavy atom. The van der Waals surface area contributed by atoms with Crippen LogP contribution >= 0.6 is 0 Å². The highest BCUT2D eigenvalue weighted by Gasteiger charge is 2.46. The molecule has 1 saturated heterocycles. The minimum atomic E-state index is -4.76. The predicted molar refractivity (Wildman–Crippen MR) is 163 cm³/mol. The van der Waals surface area contributed by atoms with Gasteiger partial charge in [0.2, 0.25) is 0 Å². The first-order valence-corrected chi connectivity index (χ1v) is 15.1. The molecule has 2 aromatic carbocycles. The van der Waals surface area contributed by atoms with Crippen LogP contribution in [0.15, 0.2) is 52.3 Å². The van der Waals surface area contributed by atoms with Gasteiger partial charge >= 0.3 is 17.8 Å². The number of benzene rings is 2. The second-order valence-electron chi connectivity index (χ2n) is 11.6. The van der Waals surface area contributed by atoms with E-state index in [1.54, 1.807) is 0 Å². The highest BCUT2D eigenvalue weighted by molar-refractivity contribution is 5.97. The highest BCUT2D eigenvalue weighted by Crippen LogP contribution is 2.35. The molecule has 2 atom stereocenters. The fraction of sp³-hybridized carbons (Fsp3) is 0.344. The zero-order chi connectivity index (χ0) is 35.2. The highest BCUT2D eigenvalue weighted by atomic mass is 19.4. The summed E-state index contributed by atoms with van der Waals surface area (Å²) in [7, 11) is 1.48. The lowest BCUT2D eigenvalue weighted by atomic mass is 9.94. The smallest absolute Gasteiger partial charge is 0.411 e. The number of morpholine rings is 1. The quantitative estimate of drug-likeness (QED) is 0.280. The van der Waals surface area contributed by atoms with E-state index in [9.17, 15) is 37.5 Å². The molecule has 1 amide bonds. The van der Waals surface area contributed by atoms with E-state index >= 15 is 8.78 Å². The van der Waals surface area contributed by atoms with Crippen molar-refractivity contribution in [1.29, 1.82) is 0 Å². The van der Waals surface area contributed by atoms with Crippen molar-refractivity contribution in [1.82, 2.24) is 19.4 Å². The molecule has 1 fully saturated rings. The molecule has 258 valence electrons. The van der Waals surface area contributed by atoms with Gasteiger partial charge in [-0.25, -0.2) is 22.9 Å². The Bertz CT molecular complexity index is 2070. The first-order valence-electron chi connectivity index (χ1n) is 15.1. The SMILES string of the molecule is Cn1c(=O)n(-c2ccc(C[C@H](NC(=O)c3c(F)cc(N4CCOC[C@@H]4C(F)(F)F)cc3F)C(=O)O)c3c2OCCC3)c(=O)c2ccncc21. The van der Waals surface area contributed by atoms with E-state index in [0.717, 1.165) is 9.47 Å². The van der Waals surface area contributed by atoms with Gasteiger partial charge in [-0.2, -0.15) is 13.2 Å². The van der Waals surface area contributed by atoms with Gasteiger partial charge in [-0.05, 0) is 48.2 Å². The molecule has 2 aliphatic heterocycles. The monoisotopic (exact) mass is 689 g/mol. The van der Waals surface area contributed by atoms with E-state index in [1.165, 1.54) is 42.2 Å². The Kier molecular flexibility index (Phi) is 8.87. The first kappa shape index (κ1) is 33.6. The first-order chi connectivity index (χ1) is 23.3. The number of hydrogen-bond donors (Lipinski definition) is 2. The van der Waals surface area contributed by atoms with Crippen LogP contribution in [0.25, 0.3) is 16.6 Å². The number of anilines is 1. The Morgan fingerprint density at radius 2 is 1.86 bits per heavy atom. The topological polar surface area (TPSA) is 145 Å². The number of aromatic nitrogens is 3. The number of aliphatic carboxylic acids is 1. The van der Waals surface area contributed by atoms with Crippen LogP contribution in [0.5, 0.6) is 5.75 Å². The van der Waals surface area contributed by atoms with Crippen molar-refractivity contribution in [3.8, 4) is 11.4 Å². The molecule has 2 N–H and O–H groups in total. The largest absolute Gasteiger partial charge is 0.491 e. The van der Waals surface area contributed by atoms with Crippen molar-refractivity contribution < 1.29 is 46.1 Å². The van der Waals surface area contributed by atoms with E-state index in [1.807, 2.05) is 0 Å². The molecule has 49 heavy (non-hydrogen) atoms. The lowest BCUT2D eigenvalue weighted by molar-refractivity contribution is -0.167. The standard InChI is InChI=1S/C32H28F5N5O7/c1-40-24-14-38-7-6-19(24)29(44)42(31(40)47)23-5-4-16(18-3-2-9-49-27(18)23)11-22(30(45)46)39-28(43)26-20(33)12-17(13-21(26)34)41-8-10-48-15-25(41)32(35,36)37/h4-7,12-14,22,25H,2-3,8-11,15H2,1H3,(H,39,43)(H,45,46)/t22-,25+/m0/s1. The molecule has 2 aromatic heterocycles. The Morgan fingerprint density at radius 1 is 1.12 bits per heavy atom. The third-order valence-corrected chi connectivity index (χ3v) is 8.59. The number of amides is 1. The molecule has 0 saturated carbocycles. The number of pyridine rings is 1. The molecule has 2 aliphatic rings. The maximum atomic E-state index is 15.2. The van der Waals surface area contributed by atoms with Crippen LogP contribution in [0, 0.1) is 11.6 Å². The van der Waals surface area contributed by atoms with Gasteiger partial charge in [0.25, 0.3) is 11.5 Å². The van der Waals surface area contributed by atoms with Gasteiger partial charge in [-0.1, -0.05) is 6.07 Å². The van der Waals surface area contributed by atoms with E-state index in [-0.39, 0.29) is 43.0 Å². The molecule has 0 radical (unpaired) electrons. The van der Waals surface area contributed by atoms with Gasteiger partial charge in [-0.3, -0.25) is 19.1 Å². The number of carboxylic acids is 1. The van der Waals surface area contributed by atoms with Crippen molar-refractivity contribution in [2.24, 2.45) is 7.05 Å². The third-order valence-electron chi connectivity index (χ3n) is 8.59. The lowest BCUT2D eigenvalue weighted by Gasteiger charge is -2.38. The van der Waals surface area contributed by atoms with Crippen molar-refractivity contribution in [3.63, 3.8) is 0 Å². The number of hydrogen-bond acceptors (Lipinski definition) is 8. The van der Waals surface area contributed by atoms with E-state index in [2.05, 4.69) is 10.3 Å². The number of nitrogens with zero attached hydrogens (tertiary/aromatic N) is 4. The molecule has 0 aliphatic carbocycles. The average molecular weight is 690 g/mol. The second-order valence-corrected chi connectivity index (χ2v) is 11.6. The van der Waals surface area contributed by atoms with Gasteiger partial charge in [0.05, 0.1) is 42.6 Å². The predicted octanol–water partition coefficient (Wildman–Crippen LogP) is 2.88. The van der Waals surface area contributed by atoms with Crippen molar-refractivity contribution in [3.05, 3.63) is 91.9 Å². The minimum Gasteiger partial charge on any atom is -0.491 e. The Balaban J connectivity index is 1.31. The van der Waals surface area contributed by atoms with Crippen LogP contribution in [-0.2, 0) is 29.4 Å². The number of ether oxygens (including phenoxy) is 2. The van der Waals surface area contributed by atoms with Gasteiger partial charge in [0, 0.05) is 31.9 Å². The zero-order valence-electron chi connectivity index (χ0n) is 25.7. The number of carbonyl (C=O) groups is 2. The number of carboxylic acid groups (broad SMARTS) is 1.